The van der Waals surface area contributed by atoms with Gasteiger partial charge in [0.15, 0.2) is 0 Å². The first-order chi connectivity index (χ1) is 11.3. The van der Waals surface area contributed by atoms with Crippen molar-refractivity contribution in [1.29, 1.82) is 0 Å². The van der Waals surface area contributed by atoms with Gasteiger partial charge in [0.05, 0.1) is 0 Å². The fourth-order valence-corrected chi connectivity index (χ4v) is 2.47. The van der Waals surface area contributed by atoms with Gasteiger partial charge in [0.25, 0.3) is 0 Å². The molecule has 0 bridgehead atoms. The summed E-state index contributed by atoms with van der Waals surface area (Å²) in [5.41, 5.74) is 2.41. The molecule has 0 spiro atoms. The molecule has 0 saturated heterocycles. The Labute approximate surface area is 156 Å². The Bertz CT molecular complexity index is 734. The Morgan fingerprint density at radius 3 is 2.42 bits per heavy atom. The molecule has 0 aliphatic rings. The quantitative estimate of drug-likeness (QED) is 0.489. The Hall–Kier alpha value is -1.89. The molecule has 0 aliphatic heterocycles. The number of pyridine rings is 1. The van der Waals surface area contributed by atoms with Crippen LogP contribution >= 0.6 is 22.6 Å². The van der Waals surface area contributed by atoms with Gasteiger partial charge in [-0.05, 0) is 67.1 Å². The Morgan fingerprint density at radius 1 is 1.17 bits per heavy atom. The number of rotatable bonds is 3. The van der Waals surface area contributed by atoms with Crippen molar-refractivity contribution in [3.8, 4) is 0 Å². The van der Waals surface area contributed by atoms with Crippen LogP contribution < -0.4 is 4.90 Å². The van der Waals surface area contributed by atoms with E-state index in [1.807, 2.05) is 69.3 Å². The molecule has 5 heteroatoms. The molecule has 24 heavy (non-hydrogen) atoms. The maximum atomic E-state index is 12.1. The molecule has 4 nitrogen and oxygen atoms in total. The average molecular weight is 436 g/mol. The number of anilines is 1. The molecule has 1 heterocycles. The van der Waals surface area contributed by atoms with Gasteiger partial charge in [-0.3, -0.25) is 4.90 Å². The lowest BCUT2D eigenvalue weighted by molar-refractivity contribution is 0.0589. The molecular weight excluding hydrogens is 415 g/mol. The zero-order valence-electron chi connectivity index (χ0n) is 14.3. The van der Waals surface area contributed by atoms with Crippen molar-refractivity contribution in [2.75, 3.05) is 11.9 Å². The summed E-state index contributed by atoms with van der Waals surface area (Å²) >= 11 is 2.21. The second-order valence-corrected chi connectivity index (χ2v) is 7.37. The number of carbonyl (C=O) groups is 1. The van der Waals surface area contributed by atoms with Crippen LogP contribution in [0.4, 0.5) is 10.5 Å². The summed E-state index contributed by atoms with van der Waals surface area (Å²) in [6.45, 7) is 5.56. The summed E-state index contributed by atoms with van der Waals surface area (Å²) in [5, 5.41) is 0. The smallest absolute Gasteiger partial charge is 0.414 e. The third-order valence-electron chi connectivity index (χ3n) is 3.19. The molecule has 1 aromatic carbocycles. The van der Waals surface area contributed by atoms with E-state index in [1.54, 1.807) is 13.2 Å². The van der Waals surface area contributed by atoms with Gasteiger partial charge < -0.3 is 4.74 Å². The predicted molar refractivity (Wildman–Crippen MR) is 107 cm³/mol. The molecule has 0 N–H and O–H groups in total. The number of benzene rings is 1. The van der Waals surface area contributed by atoms with Gasteiger partial charge in [-0.2, -0.15) is 0 Å². The van der Waals surface area contributed by atoms with Gasteiger partial charge in [-0.25, -0.2) is 9.78 Å². The van der Waals surface area contributed by atoms with Gasteiger partial charge in [-0.1, -0.05) is 30.4 Å². The van der Waals surface area contributed by atoms with Gasteiger partial charge in [-0.15, -0.1) is 0 Å². The molecule has 1 amide bonds. The molecule has 0 atom stereocenters. The van der Waals surface area contributed by atoms with Crippen molar-refractivity contribution in [1.82, 2.24) is 4.98 Å². The van der Waals surface area contributed by atoms with Crippen molar-refractivity contribution in [3.63, 3.8) is 0 Å². The van der Waals surface area contributed by atoms with Crippen molar-refractivity contribution in [3.05, 3.63) is 57.4 Å². The number of hydrogen-bond donors (Lipinski definition) is 0. The Balaban J connectivity index is 2.08. The minimum Gasteiger partial charge on any atom is -0.443 e. The zero-order chi connectivity index (χ0) is 17.7. The van der Waals surface area contributed by atoms with Gasteiger partial charge in [0.2, 0.25) is 0 Å². The summed E-state index contributed by atoms with van der Waals surface area (Å²) in [6.07, 6.45) is 5.47. The number of nitrogens with zero attached hydrogens (tertiary/aromatic N) is 2. The first-order valence-electron chi connectivity index (χ1n) is 7.61. The summed E-state index contributed by atoms with van der Waals surface area (Å²) in [7, 11) is 1.71. The van der Waals surface area contributed by atoms with Crippen LogP contribution in [-0.2, 0) is 4.74 Å². The maximum absolute atomic E-state index is 12.1. The Morgan fingerprint density at radius 2 is 1.83 bits per heavy atom. The number of halogens is 1. The highest BCUT2D eigenvalue weighted by molar-refractivity contribution is 14.1. The van der Waals surface area contributed by atoms with Gasteiger partial charge >= 0.3 is 6.09 Å². The highest BCUT2D eigenvalue weighted by atomic mass is 127. The molecule has 0 radical (unpaired) electrons. The number of aromatic nitrogens is 1. The molecule has 2 rings (SSSR count). The van der Waals surface area contributed by atoms with Crippen LogP contribution in [0.1, 0.15) is 31.9 Å². The number of hydrogen-bond acceptors (Lipinski definition) is 3. The standard InChI is InChI=1S/C19H21IN2O2/c1-19(2,3)24-18(23)22(4)16-11-8-14(9-12-16)7-10-15-6-5-13-21-17(15)20/h5-13H,1-4H3. The van der Waals surface area contributed by atoms with E-state index in [0.29, 0.717) is 0 Å². The molecule has 126 valence electrons. The highest BCUT2D eigenvalue weighted by Gasteiger charge is 2.20. The largest absolute Gasteiger partial charge is 0.443 e. The minimum atomic E-state index is -0.505. The van der Waals surface area contributed by atoms with Crippen molar-refractivity contribution >= 4 is 46.5 Å². The van der Waals surface area contributed by atoms with Crippen LogP contribution in [0.25, 0.3) is 12.2 Å². The van der Waals surface area contributed by atoms with E-state index < -0.39 is 5.60 Å². The van der Waals surface area contributed by atoms with Crippen LogP contribution in [0, 0.1) is 3.70 Å². The molecule has 1 aromatic heterocycles. The lowest BCUT2D eigenvalue weighted by atomic mass is 10.1. The minimum absolute atomic E-state index is 0.365. The molecular formula is C19H21IN2O2. The topological polar surface area (TPSA) is 42.4 Å². The lowest BCUT2D eigenvalue weighted by Gasteiger charge is -2.24. The van der Waals surface area contributed by atoms with E-state index in [1.165, 1.54) is 4.90 Å². The van der Waals surface area contributed by atoms with Crippen molar-refractivity contribution in [2.45, 2.75) is 26.4 Å². The highest BCUT2D eigenvalue weighted by Crippen LogP contribution is 2.19. The van der Waals surface area contributed by atoms with Crippen LogP contribution in [0.2, 0.25) is 0 Å². The molecule has 0 unspecified atom stereocenters. The van der Waals surface area contributed by atoms with Crippen LogP contribution in [0.3, 0.4) is 0 Å². The monoisotopic (exact) mass is 436 g/mol. The predicted octanol–water partition coefficient (Wildman–Crippen LogP) is 5.23. The Kier molecular flexibility index (Phi) is 5.99. The summed E-state index contributed by atoms with van der Waals surface area (Å²) in [5.74, 6) is 0. The third-order valence-corrected chi connectivity index (χ3v) is 4.09. The number of amides is 1. The fraction of sp³-hybridized carbons (Fsp3) is 0.263. The lowest BCUT2D eigenvalue weighted by Crippen LogP contribution is -2.34. The molecule has 0 saturated carbocycles. The summed E-state index contributed by atoms with van der Waals surface area (Å²) in [6, 6.07) is 11.7. The van der Waals surface area contributed by atoms with Crippen LogP contribution in [0.5, 0.6) is 0 Å². The fourth-order valence-electron chi connectivity index (χ4n) is 1.95. The first kappa shape index (κ1) is 18.4. The van der Waals surface area contributed by atoms with Crippen LogP contribution in [-0.4, -0.2) is 23.7 Å². The first-order valence-corrected chi connectivity index (χ1v) is 8.69. The van der Waals surface area contributed by atoms with Crippen LogP contribution in [0.15, 0.2) is 42.6 Å². The average Bonchev–Trinajstić information content (AvgIpc) is 2.52. The second-order valence-electron chi connectivity index (χ2n) is 6.35. The van der Waals surface area contributed by atoms with Crippen molar-refractivity contribution < 1.29 is 9.53 Å². The maximum Gasteiger partial charge on any atom is 0.414 e. The third kappa shape index (κ3) is 5.33. The summed E-state index contributed by atoms with van der Waals surface area (Å²) < 4.78 is 6.33. The van der Waals surface area contributed by atoms with Gasteiger partial charge in [0, 0.05) is 24.5 Å². The van der Waals surface area contributed by atoms with Crippen molar-refractivity contribution in [2.24, 2.45) is 0 Å². The number of ether oxygens (including phenoxy) is 1. The van der Waals surface area contributed by atoms with E-state index >= 15 is 0 Å². The van der Waals surface area contributed by atoms with E-state index in [4.69, 9.17) is 4.74 Å². The second kappa shape index (κ2) is 7.79. The van der Waals surface area contributed by atoms with E-state index in [9.17, 15) is 4.79 Å². The zero-order valence-corrected chi connectivity index (χ0v) is 16.4. The van der Waals surface area contributed by atoms with E-state index in [2.05, 4.69) is 27.6 Å². The van der Waals surface area contributed by atoms with E-state index in [0.717, 1.165) is 20.5 Å². The van der Waals surface area contributed by atoms with Gasteiger partial charge in [0.1, 0.15) is 9.30 Å². The SMILES string of the molecule is CN(C(=O)OC(C)(C)C)c1ccc(C=Cc2cccnc2I)cc1. The van der Waals surface area contributed by atoms with E-state index in [-0.39, 0.29) is 6.09 Å². The molecule has 2 aromatic rings. The molecule has 0 aliphatic carbocycles. The summed E-state index contributed by atoms with van der Waals surface area (Å²) in [4.78, 5) is 17.8. The molecule has 0 fully saturated rings. The normalized spacial score (nSPS) is 11.5. The number of carbonyl (C=O) groups excluding carboxylic acids is 1.